The number of nitrogens with zero attached hydrogens (tertiary/aromatic N) is 4. The molecule has 7 heteroatoms. The predicted molar refractivity (Wildman–Crippen MR) is 83.1 cm³/mol. The van der Waals surface area contributed by atoms with Crippen LogP contribution >= 0.6 is 11.6 Å². The lowest BCUT2D eigenvalue weighted by atomic mass is 10.0. The van der Waals surface area contributed by atoms with Crippen molar-refractivity contribution in [3.8, 4) is 0 Å². The largest absolute Gasteiger partial charge is 0.379 e. The molecule has 2 aliphatic rings. The van der Waals surface area contributed by atoms with Gasteiger partial charge in [-0.05, 0) is 19.8 Å². The third-order valence-corrected chi connectivity index (χ3v) is 4.92. The quantitative estimate of drug-likeness (QED) is 0.769. The summed E-state index contributed by atoms with van der Waals surface area (Å²) in [6.45, 7) is 6.95. The average Bonchev–Trinajstić information content (AvgIpc) is 2.58. The van der Waals surface area contributed by atoms with E-state index in [-0.39, 0.29) is 5.91 Å². The molecule has 1 aromatic rings. The Hall–Kier alpha value is -1.24. The number of piperidine rings is 1. The Labute approximate surface area is 135 Å². The Bertz CT molecular complexity index is 540. The first kappa shape index (κ1) is 15.6. The number of carbonyl (C=O) groups excluding carboxylic acids is 1. The summed E-state index contributed by atoms with van der Waals surface area (Å²) in [7, 11) is 0. The van der Waals surface area contributed by atoms with Crippen LogP contribution in [0.1, 0.15) is 28.9 Å². The third-order valence-electron chi connectivity index (χ3n) is 4.54. The van der Waals surface area contributed by atoms with Gasteiger partial charge in [-0.25, -0.2) is 9.97 Å². The lowest BCUT2D eigenvalue weighted by Crippen LogP contribution is -2.50. The van der Waals surface area contributed by atoms with Crippen LogP contribution < -0.4 is 0 Å². The Morgan fingerprint density at radius 3 is 2.59 bits per heavy atom. The molecule has 3 heterocycles. The summed E-state index contributed by atoms with van der Waals surface area (Å²) in [5.74, 6) is -0.0396. The summed E-state index contributed by atoms with van der Waals surface area (Å²) in [4.78, 5) is 25.0. The van der Waals surface area contributed by atoms with Crippen LogP contribution in [0.15, 0.2) is 6.33 Å². The van der Waals surface area contributed by atoms with Gasteiger partial charge >= 0.3 is 0 Å². The van der Waals surface area contributed by atoms with E-state index >= 15 is 0 Å². The number of hydrogen-bond donors (Lipinski definition) is 0. The fourth-order valence-electron chi connectivity index (χ4n) is 3.17. The fourth-order valence-corrected chi connectivity index (χ4v) is 3.30. The SMILES string of the molecule is Cc1c(Cl)ncnc1C(=O)N1CCC(N2CCOCC2)CC1. The summed E-state index contributed by atoms with van der Waals surface area (Å²) < 4.78 is 5.40. The molecule has 0 aliphatic carbocycles. The van der Waals surface area contributed by atoms with E-state index in [1.165, 1.54) is 6.33 Å². The number of rotatable bonds is 2. The maximum absolute atomic E-state index is 12.6. The lowest BCUT2D eigenvalue weighted by Gasteiger charge is -2.40. The number of hydrogen-bond acceptors (Lipinski definition) is 5. The Kier molecular flexibility index (Phi) is 4.90. The van der Waals surface area contributed by atoms with Crippen LogP contribution in [0, 0.1) is 6.92 Å². The van der Waals surface area contributed by atoms with E-state index < -0.39 is 0 Å². The van der Waals surface area contributed by atoms with E-state index in [0.717, 1.165) is 52.2 Å². The third kappa shape index (κ3) is 3.24. The molecule has 2 fully saturated rings. The van der Waals surface area contributed by atoms with Crippen molar-refractivity contribution in [1.29, 1.82) is 0 Å². The highest BCUT2D eigenvalue weighted by Gasteiger charge is 2.29. The smallest absolute Gasteiger partial charge is 0.272 e. The minimum Gasteiger partial charge on any atom is -0.379 e. The molecule has 0 unspecified atom stereocenters. The second-order valence-corrected chi connectivity index (χ2v) is 6.17. The molecular formula is C15H21ClN4O2. The zero-order valence-electron chi connectivity index (χ0n) is 12.8. The van der Waals surface area contributed by atoms with Crippen molar-refractivity contribution in [3.05, 3.63) is 22.7 Å². The number of halogens is 1. The van der Waals surface area contributed by atoms with Crippen LogP contribution in [-0.2, 0) is 4.74 Å². The molecule has 1 amide bonds. The molecule has 6 nitrogen and oxygen atoms in total. The highest BCUT2D eigenvalue weighted by molar-refractivity contribution is 6.30. The topological polar surface area (TPSA) is 58.6 Å². The second kappa shape index (κ2) is 6.89. The minimum absolute atomic E-state index is 0.0396. The van der Waals surface area contributed by atoms with Gasteiger partial charge in [0.25, 0.3) is 5.91 Å². The summed E-state index contributed by atoms with van der Waals surface area (Å²) in [5.41, 5.74) is 1.08. The van der Waals surface area contributed by atoms with Crippen molar-refractivity contribution < 1.29 is 9.53 Å². The lowest BCUT2D eigenvalue weighted by molar-refractivity contribution is 0.00152. The Morgan fingerprint density at radius 2 is 1.91 bits per heavy atom. The van der Waals surface area contributed by atoms with Gasteiger partial charge in [-0.3, -0.25) is 9.69 Å². The van der Waals surface area contributed by atoms with Crippen molar-refractivity contribution >= 4 is 17.5 Å². The maximum atomic E-state index is 12.6. The van der Waals surface area contributed by atoms with Gasteiger partial charge in [-0.2, -0.15) is 0 Å². The number of carbonyl (C=O) groups is 1. The van der Waals surface area contributed by atoms with Crippen molar-refractivity contribution in [1.82, 2.24) is 19.8 Å². The summed E-state index contributed by atoms with van der Waals surface area (Å²) in [6.07, 6.45) is 3.36. The number of amides is 1. The molecule has 3 rings (SSSR count). The summed E-state index contributed by atoms with van der Waals surface area (Å²) in [5, 5.41) is 0.349. The molecule has 120 valence electrons. The molecule has 0 atom stereocenters. The van der Waals surface area contributed by atoms with Gasteiger partial charge in [0.1, 0.15) is 17.2 Å². The number of likely N-dealkylation sites (tertiary alicyclic amines) is 1. The molecule has 0 aromatic carbocycles. The standard InChI is InChI=1S/C15H21ClN4O2/c1-11-13(17-10-18-14(11)16)15(21)20-4-2-12(3-5-20)19-6-8-22-9-7-19/h10,12H,2-9H2,1H3. The van der Waals surface area contributed by atoms with Crippen LogP contribution in [0.3, 0.4) is 0 Å². The molecule has 22 heavy (non-hydrogen) atoms. The molecule has 0 spiro atoms. The monoisotopic (exact) mass is 324 g/mol. The van der Waals surface area contributed by atoms with Gasteiger partial charge < -0.3 is 9.64 Å². The van der Waals surface area contributed by atoms with Crippen LogP contribution in [-0.4, -0.2) is 71.1 Å². The molecule has 0 bridgehead atoms. The van der Waals surface area contributed by atoms with Crippen LogP contribution in [0.5, 0.6) is 0 Å². The maximum Gasteiger partial charge on any atom is 0.272 e. The van der Waals surface area contributed by atoms with Gasteiger partial charge in [-0.1, -0.05) is 11.6 Å². The molecule has 2 saturated heterocycles. The zero-order chi connectivity index (χ0) is 15.5. The van der Waals surface area contributed by atoms with Crippen LogP contribution in [0.4, 0.5) is 0 Å². The van der Waals surface area contributed by atoms with Crippen LogP contribution in [0.25, 0.3) is 0 Å². The summed E-state index contributed by atoms with van der Waals surface area (Å²) >= 11 is 5.98. The number of morpholine rings is 1. The van der Waals surface area contributed by atoms with E-state index in [4.69, 9.17) is 16.3 Å². The van der Waals surface area contributed by atoms with E-state index in [9.17, 15) is 4.79 Å². The second-order valence-electron chi connectivity index (χ2n) is 5.81. The van der Waals surface area contributed by atoms with Gasteiger partial charge in [-0.15, -0.1) is 0 Å². The van der Waals surface area contributed by atoms with E-state index in [2.05, 4.69) is 14.9 Å². The highest BCUT2D eigenvalue weighted by Crippen LogP contribution is 2.21. The van der Waals surface area contributed by atoms with Gasteiger partial charge in [0.15, 0.2) is 0 Å². The first-order chi connectivity index (χ1) is 10.7. The normalized spacial score (nSPS) is 21.1. The van der Waals surface area contributed by atoms with Crippen molar-refractivity contribution in [2.45, 2.75) is 25.8 Å². The fraction of sp³-hybridized carbons (Fsp3) is 0.667. The van der Waals surface area contributed by atoms with Gasteiger partial charge in [0, 0.05) is 37.8 Å². The predicted octanol–water partition coefficient (Wildman–Crippen LogP) is 1.38. The zero-order valence-corrected chi connectivity index (χ0v) is 13.6. The molecule has 0 saturated carbocycles. The van der Waals surface area contributed by atoms with E-state index in [1.807, 2.05) is 4.90 Å². The van der Waals surface area contributed by atoms with Gasteiger partial charge in [0.05, 0.1) is 13.2 Å². The Balaban J connectivity index is 1.61. The van der Waals surface area contributed by atoms with E-state index in [0.29, 0.717) is 22.5 Å². The van der Waals surface area contributed by atoms with Crippen molar-refractivity contribution in [3.63, 3.8) is 0 Å². The van der Waals surface area contributed by atoms with Crippen LogP contribution in [0.2, 0.25) is 5.15 Å². The highest BCUT2D eigenvalue weighted by atomic mass is 35.5. The molecular weight excluding hydrogens is 304 g/mol. The molecule has 1 aromatic heterocycles. The van der Waals surface area contributed by atoms with Crippen molar-refractivity contribution in [2.24, 2.45) is 0 Å². The first-order valence-corrected chi connectivity index (χ1v) is 8.13. The first-order valence-electron chi connectivity index (χ1n) is 7.75. The molecule has 0 N–H and O–H groups in total. The number of ether oxygens (including phenoxy) is 1. The van der Waals surface area contributed by atoms with Gasteiger partial charge in [0.2, 0.25) is 0 Å². The minimum atomic E-state index is -0.0396. The van der Waals surface area contributed by atoms with Crippen molar-refractivity contribution in [2.75, 3.05) is 39.4 Å². The van der Waals surface area contributed by atoms with E-state index in [1.54, 1.807) is 6.92 Å². The average molecular weight is 325 g/mol. The molecule has 2 aliphatic heterocycles. The number of aromatic nitrogens is 2. The molecule has 0 radical (unpaired) electrons. The Morgan fingerprint density at radius 1 is 1.23 bits per heavy atom. The summed E-state index contributed by atoms with van der Waals surface area (Å²) in [6, 6.07) is 0.558.